The Morgan fingerprint density at radius 3 is 2.50 bits per heavy atom. The molecule has 1 fully saturated rings. The maximum atomic E-state index is 11.6. The standard InChI is InChI=1S/C14H17NO3/c16-13(9-11-6-7-11)15-12(14(17)18)8-10-4-2-1-3-5-10/h1-5,11-12H,6-9H2,(H,15,16)(H,17,18). The first-order valence-corrected chi connectivity index (χ1v) is 6.21. The highest BCUT2D eigenvalue weighted by Crippen LogP contribution is 2.32. The summed E-state index contributed by atoms with van der Waals surface area (Å²) in [6, 6.07) is 8.50. The Balaban J connectivity index is 1.91. The highest BCUT2D eigenvalue weighted by molar-refractivity contribution is 5.84. The van der Waals surface area contributed by atoms with Gasteiger partial charge in [0.05, 0.1) is 0 Å². The van der Waals surface area contributed by atoms with E-state index in [1.54, 1.807) is 0 Å². The summed E-state index contributed by atoms with van der Waals surface area (Å²) in [6.45, 7) is 0. The molecular formula is C14H17NO3. The van der Waals surface area contributed by atoms with Gasteiger partial charge < -0.3 is 10.4 Å². The monoisotopic (exact) mass is 247 g/mol. The van der Waals surface area contributed by atoms with Crippen molar-refractivity contribution in [1.29, 1.82) is 0 Å². The van der Waals surface area contributed by atoms with Gasteiger partial charge in [-0.3, -0.25) is 4.79 Å². The molecule has 4 heteroatoms. The predicted octanol–water partition coefficient (Wildman–Crippen LogP) is 1.60. The van der Waals surface area contributed by atoms with Gasteiger partial charge in [-0.25, -0.2) is 4.79 Å². The first-order chi connectivity index (χ1) is 8.65. The summed E-state index contributed by atoms with van der Waals surface area (Å²) in [5, 5.41) is 11.7. The summed E-state index contributed by atoms with van der Waals surface area (Å²) >= 11 is 0. The number of carbonyl (C=O) groups excluding carboxylic acids is 1. The minimum Gasteiger partial charge on any atom is -0.480 e. The first kappa shape index (κ1) is 12.6. The first-order valence-electron chi connectivity index (χ1n) is 6.21. The van der Waals surface area contributed by atoms with E-state index < -0.39 is 12.0 Å². The van der Waals surface area contributed by atoms with E-state index in [2.05, 4.69) is 5.32 Å². The number of rotatable bonds is 6. The largest absolute Gasteiger partial charge is 0.480 e. The van der Waals surface area contributed by atoms with Gasteiger partial charge in [-0.1, -0.05) is 30.3 Å². The number of nitrogens with one attached hydrogen (secondary N) is 1. The molecule has 0 bridgehead atoms. The summed E-state index contributed by atoms with van der Waals surface area (Å²) < 4.78 is 0. The summed E-state index contributed by atoms with van der Waals surface area (Å²) in [5.41, 5.74) is 0.914. The maximum Gasteiger partial charge on any atom is 0.326 e. The van der Waals surface area contributed by atoms with Crippen molar-refractivity contribution in [1.82, 2.24) is 5.32 Å². The van der Waals surface area contributed by atoms with Crippen LogP contribution >= 0.6 is 0 Å². The van der Waals surface area contributed by atoms with E-state index >= 15 is 0 Å². The smallest absolute Gasteiger partial charge is 0.326 e. The normalized spacial score (nSPS) is 16.0. The molecule has 1 aliphatic carbocycles. The van der Waals surface area contributed by atoms with E-state index in [1.807, 2.05) is 30.3 Å². The van der Waals surface area contributed by atoms with Crippen LogP contribution in [0, 0.1) is 5.92 Å². The Morgan fingerprint density at radius 1 is 1.28 bits per heavy atom. The molecule has 4 nitrogen and oxygen atoms in total. The molecule has 1 aromatic carbocycles. The summed E-state index contributed by atoms with van der Waals surface area (Å²) in [5.74, 6) is -0.667. The van der Waals surface area contributed by atoms with Crippen LogP contribution in [0.3, 0.4) is 0 Å². The van der Waals surface area contributed by atoms with Crippen molar-refractivity contribution in [3.63, 3.8) is 0 Å². The van der Waals surface area contributed by atoms with Crippen LogP contribution in [0.15, 0.2) is 30.3 Å². The van der Waals surface area contributed by atoms with Crippen LogP contribution < -0.4 is 5.32 Å². The molecule has 1 saturated carbocycles. The molecule has 96 valence electrons. The Bertz CT molecular complexity index is 426. The van der Waals surface area contributed by atoms with Gasteiger partial charge in [0.1, 0.15) is 6.04 Å². The summed E-state index contributed by atoms with van der Waals surface area (Å²) in [7, 11) is 0. The average molecular weight is 247 g/mol. The number of carboxylic acids is 1. The molecule has 0 heterocycles. The van der Waals surface area contributed by atoms with Gasteiger partial charge in [0.15, 0.2) is 0 Å². The Morgan fingerprint density at radius 2 is 1.94 bits per heavy atom. The summed E-state index contributed by atoms with van der Waals surface area (Å²) in [6.07, 6.45) is 2.96. The molecule has 2 N–H and O–H groups in total. The number of hydrogen-bond acceptors (Lipinski definition) is 2. The van der Waals surface area contributed by atoms with Crippen LogP contribution in [0.25, 0.3) is 0 Å². The third-order valence-electron chi connectivity index (χ3n) is 3.09. The second-order valence-corrected chi connectivity index (χ2v) is 4.80. The van der Waals surface area contributed by atoms with E-state index in [0.29, 0.717) is 18.8 Å². The SMILES string of the molecule is O=C(CC1CC1)NC(Cc1ccccc1)C(=O)O. The number of aliphatic carboxylic acids is 1. The lowest BCUT2D eigenvalue weighted by atomic mass is 10.1. The quantitative estimate of drug-likeness (QED) is 0.802. The van der Waals surface area contributed by atoms with Crippen LogP contribution in [-0.4, -0.2) is 23.0 Å². The Hall–Kier alpha value is -1.84. The van der Waals surface area contributed by atoms with Crippen molar-refractivity contribution < 1.29 is 14.7 Å². The van der Waals surface area contributed by atoms with Gasteiger partial charge >= 0.3 is 5.97 Å². The van der Waals surface area contributed by atoms with E-state index in [1.165, 1.54) is 0 Å². The van der Waals surface area contributed by atoms with Crippen molar-refractivity contribution in [3.8, 4) is 0 Å². The maximum absolute atomic E-state index is 11.6. The molecule has 0 spiro atoms. The number of carboxylic acid groups (broad SMARTS) is 1. The van der Waals surface area contributed by atoms with Crippen LogP contribution in [0.4, 0.5) is 0 Å². The average Bonchev–Trinajstić information content (AvgIpc) is 3.13. The number of carbonyl (C=O) groups is 2. The molecule has 1 aliphatic rings. The Kier molecular flexibility index (Phi) is 3.97. The van der Waals surface area contributed by atoms with E-state index in [-0.39, 0.29) is 5.91 Å². The molecule has 1 aromatic rings. The Labute approximate surface area is 106 Å². The zero-order valence-corrected chi connectivity index (χ0v) is 10.1. The molecule has 0 aromatic heterocycles. The van der Waals surface area contributed by atoms with Crippen LogP contribution in [0.2, 0.25) is 0 Å². The second kappa shape index (κ2) is 5.67. The van der Waals surface area contributed by atoms with Crippen molar-refractivity contribution >= 4 is 11.9 Å². The van der Waals surface area contributed by atoms with Gasteiger partial charge in [0, 0.05) is 12.8 Å². The fourth-order valence-corrected chi connectivity index (χ4v) is 1.89. The highest BCUT2D eigenvalue weighted by atomic mass is 16.4. The van der Waals surface area contributed by atoms with E-state index in [4.69, 9.17) is 5.11 Å². The molecule has 0 radical (unpaired) electrons. The molecule has 0 aliphatic heterocycles. The molecule has 18 heavy (non-hydrogen) atoms. The van der Waals surface area contributed by atoms with Gasteiger partial charge in [-0.15, -0.1) is 0 Å². The molecular weight excluding hydrogens is 230 g/mol. The molecule has 2 rings (SSSR count). The third-order valence-corrected chi connectivity index (χ3v) is 3.09. The predicted molar refractivity (Wildman–Crippen MR) is 67.1 cm³/mol. The molecule has 1 atom stereocenters. The van der Waals surface area contributed by atoms with Crippen LogP contribution in [-0.2, 0) is 16.0 Å². The lowest BCUT2D eigenvalue weighted by Gasteiger charge is -2.14. The van der Waals surface area contributed by atoms with Crippen molar-refractivity contribution in [2.24, 2.45) is 5.92 Å². The zero-order valence-electron chi connectivity index (χ0n) is 10.1. The van der Waals surface area contributed by atoms with E-state index in [9.17, 15) is 9.59 Å². The van der Waals surface area contributed by atoms with E-state index in [0.717, 1.165) is 18.4 Å². The number of benzene rings is 1. The minimum absolute atomic E-state index is 0.152. The third kappa shape index (κ3) is 3.87. The molecule has 1 unspecified atom stereocenters. The molecule has 1 amide bonds. The summed E-state index contributed by atoms with van der Waals surface area (Å²) in [4.78, 5) is 22.8. The fourth-order valence-electron chi connectivity index (χ4n) is 1.89. The highest BCUT2D eigenvalue weighted by Gasteiger charge is 2.27. The van der Waals surface area contributed by atoms with Gasteiger partial charge in [0.25, 0.3) is 0 Å². The molecule has 0 saturated heterocycles. The second-order valence-electron chi connectivity index (χ2n) is 4.80. The lowest BCUT2D eigenvalue weighted by Crippen LogP contribution is -2.42. The topological polar surface area (TPSA) is 66.4 Å². The van der Waals surface area contributed by atoms with Crippen LogP contribution in [0.1, 0.15) is 24.8 Å². The lowest BCUT2D eigenvalue weighted by molar-refractivity contribution is -0.141. The van der Waals surface area contributed by atoms with Gasteiger partial charge in [-0.05, 0) is 24.3 Å². The number of amides is 1. The van der Waals surface area contributed by atoms with Crippen molar-refractivity contribution in [2.75, 3.05) is 0 Å². The van der Waals surface area contributed by atoms with Crippen molar-refractivity contribution in [2.45, 2.75) is 31.7 Å². The minimum atomic E-state index is -0.983. The number of hydrogen-bond donors (Lipinski definition) is 2. The fraction of sp³-hybridized carbons (Fsp3) is 0.429. The van der Waals surface area contributed by atoms with Gasteiger partial charge in [-0.2, -0.15) is 0 Å². The van der Waals surface area contributed by atoms with Gasteiger partial charge in [0.2, 0.25) is 5.91 Å². The zero-order chi connectivity index (χ0) is 13.0. The van der Waals surface area contributed by atoms with Crippen LogP contribution in [0.5, 0.6) is 0 Å². The van der Waals surface area contributed by atoms with Crippen molar-refractivity contribution in [3.05, 3.63) is 35.9 Å².